The zero-order valence-electron chi connectivity index (χ0n) is 26.1. The normalized spacial score (nSPS) is 17.6. The fraction of sp³-hybridized carbons (Fsp3) is 0.241. The standard InChI is InChI=1S/C29H24O12S6Se2/c1-36-22(30)16-17(23(31)37-2)43-14(42-16)8-7-12(28-46-20(26(34)40-5)21(47-28)27(35)41-6)13(29-48-9-10-49-29)11-15-44-18(24(32)38-3)19(45-15)25(33)39-4/h7-11,14H,1-6H3/b8-7+. The van der Waals surface area contributed by atoms with E-state index in [1.807, 2.05) is 6.08 Å². The van der Waals surface area contributed by atoms with Crippen LogP contribution < -0.4 is 0 Å². The van der Waals surface area contributed by atoms with Crippen LogP contribution in [0.5, 0.6) is 0 Å². The summed E-state index contributed by atoms with van der Waals surface area (Å²) in [6, 6.07) is 0. The molecule has 12 nitrogen and oxygen atoms in total. The van der Waals surface area contributed by atoms with Crippen molar-refractivity contribution >= 4 is 136 Å². The first-order valence-corrected chi connectivity index (χ1v) is 21.9. The van der Waals surface area contributed by atoms with Crippen molar-refractivity contribution in [2.24, 2.45) is 0 Å². The molecule has 0 atom stereocenters. The number of allylic oxidation sites excluding steroid dienone is 4. The Morgan fingerprint density at radius 2 is 0.918 bits per heavy atom. The summed E-state index contributed by atoms with van der Waals surface area (Å²) < 4.78 is 31.3. The fourth-order valence-electron chi connectivity index (χ4n) is 3.74. The molecule has 0 spiro atoms. The van der Waals surface area contributed by atoms with Crippen LogP contribution in [0.2, 0.25) is 0 Å². The molecule has 49 heavy (non-hydrogen) atoms. The van der Waals surface area contributed by atoms with Crippen LogP contribution in [0, 0.1) is 0 Å². The van der Waals surface area contributed by atoms with Crippen LogP contribution in [0.3, 0.4) is 0 Å². The number of carbonyl (C=O) groups is 6. The summed E-state index contributed by atoms with van der Waals surface area (Å²) in [5.41, 5.74) is 1.36. The summed E-state index contributed by atoms with van der Waals surface area (Å²) in [5, 5.41) is 0. The maximum atomic E-state index is 12.8. The first-order chi connectivity index (χ1) is 23.5. The van der Waals surface area contributed by atoms with Gasteiger partial charge in [0.15, 0.2) is 0 Å². The van der Waals surface area contributed by atoms with Crippen LogP contribution in [0.1, 0.15) is 0 Å². The first kappa shape index (κ1) is 39.7. The van der Waals surface area contributed by atoms with E-state index in [1.54, 1.807) is 12.2 Å². The Morgan fingerprint density at radius 3 is 1.31 bits per heavy atom. The number of rotatable bonds is 10. The number of thioether (sulfide) groups is 6. The van der Waals surface area contributed by atoms with Gasteiger partial charge in [0.1, 0.15) is 0 Å². The van der Waals surface area contributed by atoms with Crippen molar-refractivity contribution in [1.82, 2.24) is 0 Å². The van der Waals surface area contributed by atoms with Crippen LogP contribution in [0.4, 0.5) is 0 Å². The molecular formula is C29H24O12S6Se2. The van der Waals surface area contributed by atoms with Crippen molar-refractivity contribution in [3.05, 3.63) is 80.6 Å². The predicted molar refractivity (Wildman–Crippen MR) is 194 cm³/mol. The van der Waals surface area contributed by atoms with E-state index in [9.17, 15) is 28.8 Å². The summed E-state index contributed by atoms with van der Waals surface area (Å²) in [7, 11) is 7.30. The van der Waals surface area contributed by atoms with E-state index < -0.39 is 40.4 Å². The molecule has 0 N–H and O–H groups in total. The molecule has 0 aromatic carbocycles. The molecule has 260 valence electrons. The van der Waals surface area contributed by atoms with E-state index >= 15 is 0 Å². The van der Waals surface area contributed by atoms with Gasteiger partial charge in [0, 0.05) is 0 Å². The third-order valence-corrected chi connectivity index (χ3v) is 19.6. The van der Waals surface area contributed by atoms with Crippen molar-refractivity contribution in [3.8, 4) is 0 Å². The van der Waals surface area contributed by atoms with E-state index in [2.05, 4.69) is 9.95 Å². The topological polar surface area (TPSA) is 158 Å². The predicted octanol–water partition coefficient (Wildman–Crippen LogP) is 4.14. The Labute approximate surface area is 318 Å². The molecule has 20 heteroatoms. The number of hydrogen-bond donors (Lipinski definition) is 0. The van der Waals surface area contributed by atoms with E-state index in [1.165, 1.54) is 42.7 Å². The molecule has 0 saturated heterocycles. The Bertz CT molecular complexity index is 1660. The van der Waals surface area contributed by atoms with Crippen LogP contribution in [0.25, 0.3) is 0 Å². The SMILES string of the molecule is COC(=O)C1=C(C(=O)OC)SC(=CC(=C2[Se]C=C[Se]2)C(/C=C/C2SC(C(=O)OC)=C(C(=O)OC)S2)=C2SC(C(=O)OC)=C(C(=O)OC)S2)S1. The van der Waals surface area contributed by atoms with Crippen molar-refractivity contribution in [3.63, 3.8) is 0 Å². The summed E-state index contributed by atoms with van der Waals surface area (Å²) >= 11 is 6.35. The molecule has 4 aliphatic rings. The molecule has 0 aromatic heterocycles. The van der Waals surface area contributed by atoms with Crippen LogP contribution in [-0.4, -0.2) is 113 Å². The third kappa shape index (κ3) is 9.22. The number of hydrogen-bond acceptors (Lipinski definition) is 18. The number of carbonyl (C=O) groups excluding carboxylic acids is 6. The van der Waals surface area contributed by atoms with Crippen molar-refractivity contribution < 1.29 is 57.2 Å². The van der Waals surface area contributed by atoms with E-state index in [-0.39, 0.29) is 59.3 Å². The molecular weight excluding hydrogens is 891 g/mol. The average Bonchev–Trinajstić information content (AvgIpc) is 3.95. The van der Waals surface area contributed by atoms with E-state index in [0.717, 1.165) is 79.5 Å². The van der Waals surface area contributed by atoms with Gasteiger partial charge in [0.2, 0.25) is 0 Å². The molecule has 0 aromatic rings. The maximum absolute atomic E-state index is 12.8. The molecule has 4 rings (SSSR count). The van der Waals surface area contributed by atoms with E-state index in [0.29, 0.717) is 14.0 Å². The molecule has 0 amide bonds. The number of methoxy groups -OCH3 is 6. The van der Waals surface area contributed by atoms with Gasteiger partial charge >= 0.3 is 321 Å². The second-order valence-corrected chi connectivity index (χ2v) is 21.1. The zero-order chi connectivity index (χ0) is 35.8. The fourth-order valence-corrected chi connectivity index (χ4v) is 16.4. The second kappa shape index (κ2) is 18.4. The quantitative estimate of drug-likeness (QED) is 0.175. The van der Waals surface area contributed by atoms with Crippen LogP contribution in [0.15, 0.2) is 80.6 Å². The van der Waals surface area contributed by atoms with Gasteiger partial charge in [-0.25, -0.2) is 0 Å². The Hall–Kier alpha value is -2.12. The van der Waals surface area contributed by atoms with Gasteiger partial charge < -0.3 is 0 Å². The molecule has 0 aliphatic carbocycles. The molecule has 4 heterocycles. The Balaban J connectivity index is 1.86. The summed E-state index contributed by atoms with van der Waals surface area (Å²) in [6.07, 6.45) is 5.45. The molecule has 0 bridgehead atoms. The van der Waals surface area contributed by atoms with Crippen LogP contribution in [-0.2, 0) is 57.2 Å². The molecule has 4 aliphatic heterocycles. The van der Waals surface area contributed by atoms with Gasteiger partial charge in [-0.3, -0.25) is 0 Å². The summed E-state index contributed by atoms with van der Waals surface area (Å²) in [6.45, 7) is 0. The van der Waals surface area contributed by atoms with Gasteiger partial charge in [-0.2, -0.15) is 0 Å². The number of ether oxygens (including phenoxy) is 6. The van der Waals surface area contributed by atoms with E-state index in [4.69, 9.17) is 28.4 Å². The monoisotopic (exact) mass is 916 g/mol. The van der Waals surface area contributed by atoms with Gasteiger partial charge in [0.25, 0.3) is 0 Å². The Kier molecular flexibility index (Phi) is 14.9. The van der Waals surface area contributed by atoms with Gasteiger partial charge in [-0.15, -0.1) is 0 Å². The van der Waals surface area contributed by atoms with Gasteiger partial charge in [0.05, 0.1) is 0 Å². The second-order valence-electron chi connectivity index (χ2n) is 8.67. The molecule has 0 radical (unpaired) electrons. The minimum atomic E-state index is -0.715. The average molecular weight is 915 g/mol. The third-order valence-electron chi connectivity index (χ3n) is 5.92. The molecule has 0 saturated carbocycles. The Morgan fingerprint density at radius 1 is 0.551 bits per heavy atom. The molecule has 0 fully saturated rings. The summed E-state index contributed by atoms with van der Waals surface area (Å²) in [4.78, 5) is 80.5. The van der Waals surface area contributed by atoms with Gasteiger partial charge in [-0.1, -0.05) is 0 Å². The van der Waals surface area contributed by atoms with Crippen molar-refractivity contribution in [2.45, 2.75) is 4.58 Å². The summed E-state index contributed by atoms with van der Waals surface area (Å²) in [5.74, 6) is -4.16. The van der Waals surface area contributed by atoms with Crippen LogP contribution >= 0.6 is 70.6 Å². The minimum absolute atomic E-state index is 0.0531. The van der Waals surface area contributed by atoms with Gasteiger partial charge in [-0.05, 0) is 0 Å². The first-order valence-electron chi connectivity index (χ1n) is 13.2. The zero-order valence-corrected chi connectivity index (χ0v) is 34.5. The molecule has 0 unspecified atom stereocenters. The van der Waals surface area contributed by atoms with Crippen molar-refractivity contribution in [1.29, 1.82) is 0 Å². The number of esters is 6. The van der Waals surface area contributed by atoms with Crippen molar-refractivity contribution in [2.75, 3.05) is 42.7 Å².